The van der Waals surface area contributed by atoms with Crippen LogP contribution < -0.4 is 11.0 Å². The van der Waals surface area contributed by atoms with Crippen molar-refractivity contribution in [3.8, 4) is 0 Å². The third-order valence-electron chi connectivity index (χ3n) is 4.76. The van der Waals surface area contributed by atoms with Crippen molar-refractivity contribution in [2.75, 3.05) is 18.5 Å². The number of aryl methyl sites for hydroxylation is 2. The fourth-order valence-electron chi connectivity index (χ4n) is 3.30. The summed E-state index contributed by atoms with van der Waals surface area (Å²) >= 11 is 1.19. The lowest BCUT2D eigenvalue weighted by atomic mass is 10.1. The first-order valence-electron chi connectivity index (χ1n) is 8.58. The van der Waals surface area contributed by atoms with E-state index in [9.17, 15) is 9.59 Å². The van der Waals surface area contributed by atoms with Gasteiger partial charge in [-0.15, -0.1) is 11.3 Å². The zero-order valence-corrected chi connectivity index (χ0v) is 15.7. The van der Waals surface area contributed by atoms with Gasteiger partial charge >= 0.3 is 11.7 Å². The zero-order chi connectivity index (χ0) is 19.1. The number of hydrogen-bond donors (Lipinski definition) is 2. The van der Waals surface area contributed by atoms with E-state index < -0.39 is 5.97 Å². The van der Waals surface area contributed by atoms with E-state index in [0.29, 0.717) is 36.0 Å². The van der Waals surface area contributed by atoms with Crippen LogP contribution in [0.4, 0.5) is 11.6 Å². The van der Waals surface area contributed by atoms with Gasteiger partial charge < -0.3 is 15.2 Å². The molecule has 0 unspecified atom stereocenters. The maximum absolute atomic E-state index is 12.7. The number of nitrogens with one attached hydrogen (secondary N) is 1. The van der Waals surface area contributed by atoms with Gasteiger partial charge in [-0.05, 0) is 25.8 Å². The predicted octanol–water partition coefficient (Wildman–Crippen LogP) is 2.29. The number of aromatic nitrogens is 4. The SMILES string of the molecule is Cc1sc(C(=O)O)cc1Nc1ncc2c(n1)n(C1CCOCC1)c(=O)n2C. The summed E-state index contributed by atoms with van der Waals surface area (Å²) in [6, 6.07) is 1.60. The minimum absolute atomic E-state index is 0.0409. The van der Waals surface area contributed by atoms with Gasteiger partial charge in [0.05, 0.1) is 11.9 Å². The highest BCUT2D eigenvalue weighted by molar-refractivity contribution is 7.14. The third kappa shape index (κ3) is 3.10. The second-order valence-corrected chi connectivity index (χ2v) is 7.72. The van der Waals surface area contributed by atoms with Crippen LogP contribution >= 0.6 is 11.3 Å². The summed E-state index contributed by atoms with van der Waals surface area (Å²) in [5, 5.41) is 12.2. The Morgan fingerprint density at radius 3 is 2.81 bits per heavy atom. The Hall–Kier alpha value is -2.72. The van der Waals surface area contributed by atoms with Gasteiger partial charge in [0.2, 0.25) is 5.95 Å². The Labute approximate surface area is 158 Å². The predicted molar refractivity (Wildman–Crippen MR) is 101 cm³/mol. The van der Waals surface area contributed by atoms with E-state index in [2.05, 4.69) is 15.3 Å². The molecule has 4 heterocycles. The maximum atomic E-state index is 12.7. The van der Waals surface area contributed by atoms with E-state index in [4.69, 9.17) is 9.84 Å². The van der Waals surface area contributed by atoms with E-state index >= 15 is 0 Å². The lowest BCUT2D eigenvalue weighted by molar-refractivity contribution is 0.0693. The van der Waals surface area contributed by atoms with E-state index in [1.54, 1.807) is 28.4 Å². The number of ether oxygens (including phenoxy) is 1. The second-order valence-electron chi connectivity index (χ2n) is 6.47. The molecule has 1 aliphatic rings. The molecular formula is C17H19N5O4S. The van der Waals surface area contributed by atoms with Crippen LogP contribution in [0.15, 0.2) is 17.1 Å². The maximum Gasteiger partial charge on any atom is 0.345 e. The number of aromatic carboxylic acids is 1. The molecule has 0 radical (unpaired) electrons. The van der Waals surface area contributed by atoms with Crippen molar-refractivity contribution in [1.29, 1.82) is 0 Å². The minimum atomic E-state index is -0.969. The van der Waals surface area contributed by atoms with Gasteiger partial charge in [0.15, 0.2) is 5.65 Å². The number of thiophene rings is 1. The molecule has 3 aromatic heterocycles. The number of carbonyl (C=O) groups is 1. The van der Waals surface area contributed by atoms with E-state index in [-0.39, 0.29) is 16.6 Å². The highest BCUT2D eigenvalue weighted by Crippen LogP contribution is 2.29. The molecular weight excluding hydrogens is 370 g/mol. The van der Waals surface area contributed by atoms with Crippen molar-refractivity contribution in [1.82, 2.24) is 19.1 Å². The summed E-state index contributed by atoms with van der Waals surface area (Å²) in [5.74, 6) is -0.643. The van der Waals surface area contributed by atoms with Gasteiger partial charge in [0.25, 0.3) is 0 Å². The largest absolute Gasteiger partial charge is 0.477 e. The first-order chi connectivity index (χ1) is 13.0. The van der Waals surface area contributed by atoms with Gasteiger partial charge in [-0.1, -0.05) is 0 Å². The lowest BCUT2D eigenvalue weighted by Gasteiger charge is -2.22. The molecule has 1 aliphatic heterocycles. The van der Waals surface area contributed by atoms with E-state index in [1.807, 2.05) is 6.92 Å². The molecule has 0 aromatic carbocycles. The highest BCUT2D eigenvalue weighted by atomic mass is 32.1. The summed E-state index contributed by atoms with van der Waals surface area (Å²) in [6.07, 6.45) is 3.14. The fourth-order valence-corrected chi connectivity index (χ4v) is 4.11. The fraction of sp³-hybridized carbons (Fsp3) is 0.412. The minimum Gasteiger partial charge on any atom is -0.477 e. The van der Waals surface area contributed by atoms with Crippen LogP contribution in [0.1, 0.15) is 33.4 Å². The van der Waals surface area contributed by atoms with Crippen LogP contribution in [0.25, 0.3) is 11.2 Å². The molecule has 27 heavy (non-hydrogen) atoms. The zero-order valence-electron chi connectivity index (χ0n) is 14.9. The molecule has 0 saturated carbocycles. The Kier molecular flexibility index (Phi) is 4.44. The van der Waals surface area contributed by atoms with E-state index in [1.165, 1.54) is 11.3 Å². The van der Waals surface area contributed by atoms with Crippen molar-refractivity contribution in [3.05, 3.63) is 32.5 Å². The number of nitrogens with zero attached hydrogens (tertiary/aromatic N) is 4. The van der Waals surface area contributed by atoms with Crippen LogP contribution in [0.3, 0.4) is 0 Å². The Balaban J connectivity index is 1.75. The lowest BCUT2D eigenvalue weighted by Crippen LogP contribution is -2.30. The Morgan fingerprint density at radius 1 is 1.41 bits per heavy atom. The van der Waals surface area contributed by atoms with Crippen LogP contribution in [0.2, 0.25) is 0 Å². The first kappa shape index (κ1) is 17.7. The molecule has 1 fully saturated rings. The van der Waals surface area contributed by atoms with E-state index in [0.717, 1.165) is 17.7 Å². The van der Waals surface area contributed by atoms with Crippen LogP contribution in [-0.2, 0) is 11.8 Å². The molecule has 9 nitrogen and oxygen atoms in total. The number of rotatable bonds is 4. The first-order valence-corrected chi connectivity index (χ1v) is 9.40. The molecule has 0 amide bonds. The summed E-state index contributed by atoms with van der Waals surface area (Å²) in [7, 11) is 1.71. The number of fused-ring (bicyclic) bond motifs is 1. The van der Waals surface area contributed by atoms with Crippen molar-refractivity contribution < 1.29 is 14.6 Å². The summed E-state index contributed by atoms with van der Waals surface area (Å²) in [5.41, 5.74) is 1.75. The third-order valence-corrected chi connectivity index (χ3v) is 5.80. The quantitative estimate of drug-likeness (QED) is 0.704. The highest BCUT2D eigenvalue weighted by Gasteiger charge is 2.23. The van der Waals surface area contributed by atoms with Crippen molar-refractivity contribution >= 4 is 40.1 Å². The Bertz CT molecular complexity index is 1080. The van der Waals surface area contributed by atoms with Crippen LogP contribution in [0.5, 0.6) is 0 Å². The molecule has 142 valence electrons. The van der Waals surface area contributed by atoms with Gasteiger partial charge in [-0.2, -0.15) is 4.98 Å². The molecule has 3 aromatic rings. The normalized spacial score (nSPS) is 15.3. The monoisotopic (exact) mass is 389 g/mol. The average molecular weight is 389 g/mol. The number of carboxylic acid groups (broad SMARTS) is 1. The molecule has 4 rings (SSSR count). The molecule has 0 bridgehead atoms. The van der Waals surface area contributed by atoms with Gasteiger partial charge in [0.1, 0.15) is 10.4 Å². The summed E-state index contributed by atoms with van der Waals surface area (Å²) in [6.45, 7) is 3.07. The van der Waals surface area contributed by atoms with Crippen LogP contribution in [-0.4, -0.2) is 43.4 Å². The molecule has 10 heteroatoms. The van der Waals surface area contributed by atoms with Crippen LogP contribution in [0, 0.1) is 6.92 Å². The number of imidazole rings is 1. The van der Waals surface area contributed by atoms with Gasteiger partial charge in [0, 0.05) is 31.2 Å². The van der Waals surface area contributed by atoms with Crippen molar-refractivity contribution in [3.63, 3.8) is 0 Å². The average Bonchev–Trinajstić information content (AvgIpc) is 3.14. The van der Waals surface area contributed by atoms with Crippen molar-refractivity contribution in [2.45, 2.75) is 25.8 Å². The number of anilines is 2. The topological polar surface area (TPSA) is 111 Å². The molecule has 0 aliphatic carbocycles. The Morgan fingerprint density at radius 2 is 2.15 bits per heavy atom. The summed E-state index contributed by atoms with van der Waals surface area (Å²) in [4.78, 5) is 33.8. The van der Waals surface area contributed by atoms with Gasteiger partial charge in [-0.25, -0.2) is 14.6 Å². The molecule has 0 atom stereocenters. The molecule has 1 saturated heterocycles. The molecule has 2 N–H and O–H groups in total. The number of carboxylic acids is 1. The standard InChI is InChI=1S/C17H19N5O4S/c1-9-11(7-13(27-9)15(23)24)19-16-18-8-12-14(20-16)22(17(25)21(12)2)10-3-5-26-6-4-10/h7-8,10H,3-6H2,1-2H3,(H,23,24)(H,18,19,20). The molecule has 0 spiro atoms. The van der Waals surface area contributed by atoms with Gasteiger partial charge in [-0.3, -0.25) is 9.13 Å². The smallest absolute Gasteiger partial charge is 0.345 e. The summed E-state index contributed by atoms with van der Waals surface area (Å²) < 4.78 is 8.67. The van der Waals surface area contributed by atoms with Crippen molar-refractivity contribution in [2.24, 2.45) is 7.05 Å². The number of hydrogen-bond acceptors (Lipinski definition) is 7. The second kappa shape index (κ2) is 6.78.